The molecule has 0 amide bonds. The number of aliphatic hydroxyl groups excluding tert-OH is 1. The molecule has 0 fully saturated rings. The molecule has 19 heavy (non-hydrogen) atoms. The zero-order valence-corrected chi connectivity index (χ0v) is 10.6. The molecule has 0 spiro atoms. The Hall–Kier alpha value is -1.74. The SMILES string of the molecule is OC(Cc1ccc2c(c1)CCC2)c1ncccc1F. The Morgan fingerprint density at radius 1 is 1.21 bits per heavy atom. The van der Waals surface area contributed by atoms with Crippen LogP contribution < -0.4 is 0 Å². The first-order valence-corrected chi connectivity index (χ1v) is 6.63. The molecule has 3 heteroatoms. The van der Waals surface area contributed by atoms with Gasteiger partial charge in [-0.3, -0.25) is 4.98 Å². The van der Waals surface area contributed by atoms with Gasteiger partial charge in [0.1, 0.15) is 17.6 Å². The molecule has 1 aromatic carbocycles. The predicted molar refractivity (Wildman–Crippen MR) is 71.3 cm³/mol. The first-order valence-electron chi connectivity index (χ1n) is 6.63. The van der Waals surface area contributed by atoms with Gasteiger partial charge in [-0.25, -0.2) is 4.39 Å². The number of pyridine rings is 1. The number of rotatable bonds is 3. The van der Waals surface area contributed by atoms with Crippen LogP contribution in [0.2, 0.25) is 0 Å². The molecule has 3 rings (SSSR count). The van der Waals surface area contributed by atoms with Crippen LogP contribution >= 0.6 is 0 Å². The normalized spacial score (nSPS) is 15.3. The molecule has 2 nitrogen and oxygen atoms in total. The fourth-order valence-electron chi connectivity index (χ4n) is 2.72. The third-order valence-electron chi connectivity index (χ3n) is 3.69. The molecule has 98 valence electrons. The summed E-state index contributed by atoms with van der Waals surface area (Å²) in [6, 6.07) is 9.13. The first kappa shape index (κ1) is 12.3. The van der Waals surface area contributed by atoms with Crippen LogP contribution in [0.3, 0.4) is 0 Å². The van der Waals surface area contributed by atoms with Gasteiger partial charge in [0.25, 0.3) is 0 Å². The lowest BCUT2D eigenvalue weighted by Gasteiger charge is -2.12. The number of aromatic nitrogens is 1. The van der Waals surface area contributed by atoms with Crippen LogP contribution in [-0.4, -0.2) is 10.1 Å². The number of hydrogen-bond donors (Lipinski definition) is 1. The Kier molecular flexibility index (Phi) is 3.30. The van der Waals surface area contributed by atoms with Crippen molar-refractivity contribution < 1.29 is 9.50 Å². The second-order valence-electron chi connectivity index (χ2n) is 5.05. The summed E-state index contributed by atoms with van der Waals surface area (Å²) in [7, 11) is 0. The monoisotopic (exact) mass is 257 g/mol. The van der Waals surface area contributed by atoms with E-state index in [0.29, 0.717) is 6.42 Å². The summed E-state index contributed by atoms with van der Waals surface area (Å²) in [6.07, 6.45) is 4.48. The van der Waals surface area contributed by atoms with Crippen LogP contribution in [0.25, 0.3) is 0 Å². The number of aryl methyl sites for hydroxylation is 2. The topological polar surface area (TPSA) is 33.1 Å². The fourth-order valence-corrected chi connectivity index (χ4v) is 2.72. The average molecular weight is 257 g/mol. The van der Waals surface area contributed by atoms with Crippen molar-refractivity contribution in [3.63, 3.8) is 0 Å². The van der Waals surface area contributed by atoms with Crippen LogP contribution in [0.4, 0.5) is 4.39 Å². The van der Waals surface area contributed by atoms with Gasteiger partial charge in [0, 0.05) is 12.6 Å². The van der Waals surface area contributed by atoms with Gasteiger partial charge in [-0.2, -0.15) is 0 Å². The van der Waals surface area contributed by atoms with Gasteiger partial charge in [0.05, 0.1) is 0 Å². The molecule has 0 bridgehead atoms. The summed E-state index contributed by atoms with van der Waals surface area (Å²) in [4.78, 5) is 3.92. The summed E-state index contributed by atoms with van der Waals surface area (Å²) in [6.45, 7) is 0. The van der Waals surface area contributed by atoms with Crippen LogP contribution in [0, 0.1) is 5.82 Å². The Morgan fingerprint density at radius 2 is 2.05 bits per heavy atom. The van der Waals surface area contributed by atoms with Crippen molar-refractivity contribution in [3.8, 4) is 0 Å². The van der Waals surface area contributed by atoms with E-state index in [1.807, 2.05) is 6.07 Å². The zero-order chi connectivity index (χ0) is 13.2. The second-order valence-corrected chi connectivity index (χ2v) is 5.05. The first-order chi connectivity index (χ1) is 9.24. The molecule has 0 saturated heterocycles. The van der Waals surface area contributed by atoms with Crippen molar-refractivity contribution in [1.82, 2.24) is 4.98 Å². The van der Waals surface area contributed by atoms with Crippen LogP contribution in [0.5, 0.6) is 0 Å². The van der Waals surface area contributed by atoms with Crippen LogP contribution in [-0.2, 0) is 19.3 Å². The molecule has 1 N–H and O–H groups in total. The summed E-state index contributed by atoms with van der Waals surface area (Å²) < 4.78 is 13.5. The Balaban J connectivity index is 1.80. The van der Waals surface area contributed by atoms with Crippen molar-refractivity contribution >= 4 is 0 Å². The van der Waals surface area contributed by atoms with E-state index in [0.717, 1.165) is 18.4 Å². The van der Waals surface area contributed by atoms with Gasteiger partial charge >= 0.3 is 0 Å². The summed E-state index contributed by atoms with van der Waals surface area (Å²) in [5, 5.41) is 10.1. The minimum Gasteiger partial charge on any atom is -0.386 e. The van der Waals surface area contributed by atoms with E-state index in [9.17, 15) is 9.50 Å². The molecular formula is C16H16FNO. The minimum absolute atomic E-state index is 0.128. The highest BCUT2D eigenvalue weighted by Gasteiger charge is 2.16. The maximum Gasteiger partial charge on any atom is 0.147 e. The third kappa shape index (κ3) is 2.51. The van der Waals surface area contributed by atoms with Gasteiger partial charge in [0.2, 0.25) is 0 Å². The van der Waals surface area contributed by atoms with Gasteiger partial charge in [-0.05, 0) is 48.1 Å². The van der Waals surface area contributed by atoms with Crippen LogP contribution in [0.15, 0.2) is 36.5 Å². The number of fused-ring (bicyclic) bond motifs is 1. The number of aliphatic hydroxyl groups is 1. The molecular weight excluding hydrogens is 241 g/mol. The van der Waals surface area contributed by atoms with Crippen molar-refractivity contribution in [2.24, 2.45) is 0 Å². The lowest BCUT2D eigenvalue weighted by Crippen LogP contribution is -2.07. The molecule has 1 aliphatic carbocycles. The van der Waals surface area contributed by atoms with E-state index >= 15 is 0 Å². The van der Waals surface area contributed by atoms with Crippen molar-refractivity contribution in [1.29, 1.82) is 0 Å². The highest BCUT2D eigenvalue weighted by atomic mass is 19.1. The predicted octanol–water partition coefficient (Wildman–Crippen LogP) is 2.99. The van der Waals surface area contributed by atoms with E-state index in [4.69, 9.17) is 0 Å². The molecule has 0 aliphatic heterocycles. The van der Waals surface area contributed by atoms with Gasteiger partial charge in [0.15, 0.2) is 0 Å². The lowest BCUT2D eigenvalue weighted by atomic mass is 10.0. The van der Waals surface area contributed by atoms with E-state index in [1.165, 1.54) is 35.9 Å². The number of benzene rings is 1. The summed E-state index contributed by atoms with van der Waals surface area (Å²) in [5.41, 5.74) is 3.94. The maximum atomic E-state index is 13.5. The Bertz CT molecular complexity index is 597. The van der Waals surface area contributed by atoms with E-state index in [2.05, 4.69) is 17.1 Å². The quantitative estimate of drug-likeness (QED) is 0.917. The Labute approximate surface area is 111 Å². The number of hydrogen-bond acceptors (Lipinski definition) is 2. The van der Waals surface area contributed by atoms with Gasteiger partial charge < -0.3 is 5.11 Å². The molecule has 1 unspecified atom stereocenters. The lowest BCUT2D eigenvalue weighted by molar-refractivity contribution is 0.168. The van der Waals surface area contributed by atoms with E-state index in [1.54, 1.807) is 0 Å². The molecule has 1 atom stereocenters. The van der Waals surface area contributed by atoms with Gasteiger partial charge in [-0.1, -0.05) is 18.2 Å². The highest BCUT2D eigenvalue weighted by molar-refractivity contribution is 5.35. The fraction of sp³-hybridized carbons (Fsp3) is 0.312. The van der Waals surface area contributed by atoms with Crippen LogP contribution in [0.1, 0.15) is 34.9 Å². The highest BCUT2D eigenvalue weighted by Crippen LogP contribution is 2.25. The van der Waals surface area contributed by atoms with Crippen molar-refractivity contribution in [3.05, 3.63) is 64.7 Å². The molecule has 0 radical (unpaired) electrons. The molecule has 0 saturated carbocycles. The smallest absolute Gasteiger partial charge is 0.147 e. The zero-order valence-electron chi connectivity index (χ0n) is 10.6. The number of nitrogens with zero attached hydrogens (tertiary/aromatic N) is 1. The van der Waals surface area contributed by atoms with Crippen molar-refractivity contribution in [2.45, 2.75) is 31.8 Å². The molecule has 1 aromatic heterocycles. The molecule has 2 aromatic rings. The summed E-state index contributed by atoms with van der Waals surface area (Å²) in [5.74, 6) is -0.448. The van der Waals surface area contributed by atoms with Gasteiger partial charge in [-0.15, -0.1) is 0 Å². The third-order valence-corrected chi connectivity index (χ3v) is 3.69. The number of halogens is 1. The van der Waals surface area contributed by atoms with E-state index in [-0.39, 0.29) is 5.69 Å². The summed E-state index contributed by atoms with van der Waals surface area (Å²) >= 11 is 0. The van der Waals surface area contributed by atoms with E-state index < -0.39 is 11.9 Å². The second kappa shape index (κ2) is 5.10. The molecule has 1 heterocycles. The maximum absolute atomic E-state index is 13.5. The Morgan fingerprint density at radius 3 is 2.89 bits per heavy atom. The largest absolute Gasteiger partial charge is 0.386 e. The standard InChI is InChI=1S/C16H16FNO/c17-14-5-2-8-18-16(14)15(19)10-11-6-7-12-3-1-4-13(12)9-11/h2,5-9,15,19H,1,3-4,10H2. The average Bonchev–Trinajstić information content (AvgIpc) is 2.86. The molecule has 1 aliphatic rings. The minimum atomic E-state index is -0.888. The van der Waals surface area contributed by atoms with Crippen molar-refractivity contribution in [2.75, 3.05) is 0 Å².